The summed E-state index contributed by atoms with van der Waals surface area (Å²) in [6, 6.07) is 8.86. The van der Waals surface area contributed by atoms with Crippen LogP contribution in [0.1, 0.15) is 21.5 Å². The number of carbonyl (C=O) groups is 2. The van der Waals surface area contributed by atoms with Gasteiger partial charge in [-0.3, -0.25) is 14.6 Å². The molecular formula is C16H17N3O2. The third-order valence-electron chi connectivity index (χ3n) is 3.19. The molecule has 0 unspecified atom stereocenters. The predicted octanol–water partition coefficient (Wildman–Crippen LogP) is 1.93. The number of hydrogen-bond donors (Lipinski definition) is 2. The van der Waals surface area contributed by atoms with Crippen LogP contribution in [-0.2, 0) is 11.2 Å². The summed E-state index contributed by atoms with van der Waals surface area (Å²) in [6.07, 6.45) is 3.58. The van der Waals surface area contributed by atoms with E-state index in [9.17, 15) is 9.59 Å². The van der Waals surface area contributed by atoms with E-state index >= 15 is 0 Å². The van der Waals surface area contributed by atoms with Crippen LogP contribution >= 0.6 is 0 Å². The molecule has 0 fully saturated rings. The molecule has 0 aliphatic heterocycles. The minimum Gasteiger partial charge on any atom is -0.355 e. The van der Waals surface area contributed by atoms with Gasteiger partial charge in [0.05, 0.1) is 6.42 Å². The number of nitrogens with one attached hydrogen (secondary N) is 2. The molecule has 0 aliphatic carbocycles. The van der Waals surface area contributed by atoms with Crippen molar-refractivity contribution >= 4 is 17.5 Å². The van der Waals surface area contributed by atoms with E-state index in [0.29, 0.717) is 11.3 Å². The maximum Gasteiger partial charge on any atom is 0.251 e. The van der Waals surface area contributed by atoms with Crippen LogP contribution in [-0.4, -0.2) is 23.8 Å². The summed E-state index contributed by atoms with van der Waals surface area (Å²) in [5.41, 5.74) is 2.84. The average molecular weight is 283 g/mol. The van der Waals surface area contributed by atoms with Crippen molar-refractivity contribution in [3.8, 4) is 0 Å². The number of aromatic nitrogens is 1. The average Bonchev–Trinajstić information content (AvgIpc) is 2.49. The molecule has 0 saturated carbocycles. The monoisotopic (exact) mass is 283 g/mol. The highest BCUT2D eigenvalue weighted by Gasteiger charge is 2.12. The number of nitrogens with zero attached hydrogens (tertiary/aromatic N) is 1. The van der Waals surface area contributed by atoms with E-state index in [1.54, 1.807) is 49.8 Å². The lowest BCUT2D eigenvalue weighted by molar-refractivity contribution is -0.115. The van der Waals surface area contributed by atoms with Gasteiger partial charge in [0.2, 0.25) is 5.91 Å². The Morgan fingerprint density at radius 3 is 2.52 bits per heavy atom. The van der Waals surface area contributed by atoms with Crippen molar-refractivity contribution in [2.24, 2.45) is 0 Å². The van der Waals surface area contributed by atoms with Gasteiger partial charge in [0.25, 0.3) is 5.91 Å². The summed E-state index contributed by atoms with van der Waals surface area (Å²) < 4.78 is 0. The zero-order valence-electron chi connectivity index (χ0n) is 12.0. The van der Waals surface area contributed by atoms with Crippen molar-refractivity contribution in [3.63, 3.8) is 0 Å². The van der Waals surface area contributed by atoms with Crippen LogP contribution in [0.3, 0.4) is 0 Å². The summed E-state index contributed by atoms with van der Waals surface area (Å²) in [5, 5.41) is 5.42. The normalized spacial score (nSPS) is 10.0. The van der Waals surface area contributed by atoms with Crippen molar-refractivity contribution < 1.29 is 9.59 Å². The van der Waals surface area contributed by atoms with E-state index < -0.39 is 0 Å². The van der Waals surface area contributed by atoms with Crippen LogP contribution in [0.5, 0.6) is 0 Å². The number of pyridine rings is 1. The zero-order valence-corrected chi connectivity index (χ0v) is 12.0. The molecule has 2 amide bonds. The molecule has 0 aliphatic rings. The summed E-state index contributed by atoms with van der Waals surface area (Å²) >= 11 is 0. The highest BCUT2D eigenvalue weighted by Crippen LogP contribution is 2.19. The highest BCUT2D eigenvalue weighted by molar-refractivity contribution is 5.99. The first-order chi connectivity index (χ1) is 10.1. The molecule has 0 atom stereocenters. The Morgan fingerprint density at radius 1 is 1.14 bits per heavy atom. The molecular weight excluding hydrogens is 266 g/mol. The molecule has 1 aromatic heterocycles. The Balaban J connectivity index is 2.13. The van der Waals surface area contributed by atoms with E-state index in [4.69, 9.17) is 0 Å². The van der Waals surface area contributed by atoms with Crippen molar-refractivity contribution in [3.05, 3.63) is 59.4 Å². The minimum atomic E-state index is -0.169. The van der Waals surface area contributed by atoms with Gasteiger partial charge < -0.3 is 10.6 Å². The Morgan fingerprint density at radius 2 is 1.86 bits per heavy atom. The number of anilines is 1. The lowest BCUT2D eigenvalue weighted by Gasteiger charge is -2.11. The number of amides is 2. The standard InChI is InChI=1S/C16H17N3O2/c1-11-13(16(21)17-2)4-3-5-14(11)19-15(20)10-12-6-8-18-9-7-12/h3-9H,10H2,1-2H3,(H,17,21)(H,19,20). The second-order valence-electron chi connectivity index (χ2n) is 4.64. The molecule has 1 heterocycles. The summed E-state index contributed by atoms with van der Waals surface area (Å²) in [7, 11) is 1.58. The lowest BCUT2D eigenvalue weighted by Crippen LogP contribution is -2.20. The first kappa shape index (κ1) is 14.7. The molecule has 108 valence electrons. The van der Waals surface area contributed by atoms with E-state index in [0.717, 1.165) is 11.1 Å². The van der Waals surface area contributed by atoms with Gasteiger partial charge in [-0.1, -0.05) is 6.07 Å². The molecule has 5 nitrogen and oxygen atoms in total. The molecule has 1 aromatic carbocycles. The van der Waals surface area contributed by atoms with Gasteiger partial charge in [-0.15, -0.1) is 0 Å². The second-order valence-corrected chi connectivity index (χ2v) is 4.64. The number of hydrogen-bond acceptors (Lipinski definition) is 3. The molecule has 2 rings (SSSR count). The fourth-order valence-electron chi connectivity index (χ4n) is 2.03. The largest absolute Gasteiger partial charge is 0.355 e. The molecule has 0 bridgehead atoms. The van der Waals surface area contributed by atoms with Crippen LogP contribution in [0.25, 0.3) is 0 Å². The summed E-state index contributed by atoms with van der Waals surface area (Å²) in [5.74, 6) is -0.295. The fraction of sp³-hybridized carbons (Fsp3) is 0.188. The van der Waals surface area contributed by atoms with Crippen LogP contribution < -0.4 is 10.6 Å². The Bertz CT molecular complexity index is 654. The van der Waals surface area contributed by atoms with E-state index in [1.807, 2.05) is 6.92 Å². The lowest BCUT2D eigenvalue weighted by atomic mass is 10.1. The molecule has 5 heteroatoms. The maximum atomic E-state index is 12.1. The van der Waals surface area contributed by atoms with Crippen LogP contribution in [0.2, 0.25) is 0 Å². The quantitative estimate of drug-likeness (QED) is 0.900. The first-order valence-electron chi connectivity index (χ1n) is 6.62. The Hall–Kier alpha value is -2.69. The molecule has 0 spiro atoms. The van der Waals surface area contributed by atoms with Crippen LogP contribution in [0.15, 0.2) is 42.7 Å². The fourth-order valence-corrected chi connectivity index (χ4v) is 2.03. The molecule has 2 aromatic rings. The maximum absolute atomic E-state index is 12.1. The van der Waals surface area contributed by atoms with Crippen molar-refractivity contribution in [2.45, 2.75) is 13.3 Å². The number of benzene rings is 1. The highest BCUT2D eigenvalue weighted by atomic mass is 16.2. The van der Waals surface area contributed by atoms with Gasteiger partial charge in [0, 0.05) is 30.7 Å². The van der Waals surface area contributed by atoms with E-state index in [2.05, 4.69) is 15.6 Å². The summed E-state index contributed by atoms with van der Waals surface area (Å²) in [6.45, 7) is 1.81. The Kier molecular flexibility index (Phi) is 4.66. The molecule has 21 heavy (non-hydrogen) atoms. The smallest absolute Gasteiger partial charge is 0.251 e. The molecule has 0 radical (unpaired) electrons. The number of carbonyl (C=O) groups excluding carboxylic acids is 2. The summed E-state index contributed by atoms with van der Waals surface area (Å²) in [4.78, 5) is 27.7. The van der Waals surface area contributed by atoms with E-state index in [1.165, 1.54) is 0 Å². The molecule has 2 N–H and O–H groups in total. The van der Waals surface area contributed by atoms with Crippen LogP contribution in [0.4, 0.5) is 5.69 Å². The number of rotatable bonds is 4. The third-order valence-corrected chi connectivity index (χ3v) is 3.19. The Labute approximate surface area is 123 Å². The SMILES string of the molecule is CNC(=O)c1cccc(NC(=O)Cc2ccncc2)c1C. The van der Waals surface area contributed by atoms with Gasteiger partial charge in [-0.25, -0.2) is 0 Å². The van der Waals surface area contributed by atoms with Crippen molar-refractivity contribution in [2.75, 3.05) is 12.4 Å². The zero-order chi connectivity index (χ0) is 15.2. The molecule has 0 saturated heterocycles. The third kappa shape index (κ3) is 3.66. The van der Waals surface area contributed by atoms with Crippen molar-refractivity contribution in [1.82, 2.24) is 10.3 Å². The van der Waals surface area contributed by atoms with Crippen molar-refractivity contribution in [1.29, 1.82) is 0 Å². The second kappa shape index (κ2) is 6.65. The van der Waals surface area contributed by atoms with Crippen LogP contribution in [0, 0.1) is 6.92 Å². The van der Waals surface area contributed by atoms with Gasteiger partial charge in [0.15, 0.2) is 0 Å². The van der Waals surface area contributed by atoms with Gasteiger partial charge in [-0.05, 0) is 42.3 Å². The predicted molar refractivity (Wildman–Crippen MR) is 81.1 cm³/mol. The van der Waals surface area contributed by atoms with Gasteiger partial charge >= 0.3 is 0 Å². The van der Waals surface area contributed by atoms with E-state index in [-0.39, 0.29) is 18.2 Å². The first-order valence-corrected chi connectivity index (χ1v) is 6.62. The minimum absolute atomic E-state index is 0.127. The van der Waals surface area contributed by atoms with Gasteiger partial charge in [-0.2, -0.15) is 0 Å². The topological polar surface area (TPSA) is 71.1 Å². The van der Waals surface area contributed by atoms with Gasteiger partial charge in [0.1, 0.15) is 0 Å².